The van der Waals surface area contributed by atoms with Crippen molar-refractivity contribution in [2.45, 2.75) is 41.0 Å². The molecule has 1 heterocycles. The van der Waals surface area contributed by atoms with Crippen LogP contribution < -0.4 is 5.43 Å². The quantitative estimate of drug-likeness (QED) is 0.489. The highest BCUT2D eigenvalue weighted by Gasteiger charge is 2.09. The average molecular weight is 345 g/mol. The molecule has 0 saturated carbocycles. The lowest BCUT2D eigenvalue weighted by molar-refractivity contribution is -0.142. The highest BCUT2D eigenvalue weighted by atomic mass is 32.1. The van der Waals surface area contributed by atoms with Gasteiger partial charge in [-0.05, 0) is 56.9 Å². The number of carbonyl (C=O) groups is 1. The lowest BCUT2D eigenvalue weighted by atomic mass is 9.95. The Morgan fingerprint density at radius 3 is 2.58 bits per heavy atom. The molecule has 0 saturated heterocycles. The van der Waals surface area contributed by atoms with Crippen LogP contribution in [0.3, 0.4) is 0 Å². The number of nitrogens with one attached hydrogen (secondary N) is 1. The number of carbonyl (C=O) groups excluding carboxylic acids is 1. The summed E-state index contributed by atoms with van der Waals surface area (Å²) in [5.41, 5.74) is 9.72. The maximum Gasteiger partial charge on any atom is 0.311 e. The molecule has 1 aromatic carbocycles. The summed E-state index contributed by atoms with van der Waals surface area (Å²) in [7, 11) is 0. The van der Waals surface area contributed by atoms with Gasteiger partial charge in [-0.3, -0.25) is 10.2 Å². The lowest BCUT2D eigenvalue weighted by Gasteiger charge is -2.11. The van der Waals surface area contributed by atoms with Gasteiger partial charge in [0.05, 0.1) is 24.9 Å². The van der Waals surface area contributed by atoms with Crippen molar-refractivity contribution < 1.29 is 9.53 Å². The third-order valence-corrected chi connectivity index (χ3v) is 4.76. The van der Waals surface area contributed by atoms with Crippen LogP contribution in [0.4, 0.5) is 5.13 Å². The van der Waals surface area contributed by atoms with Gasteiger partial charge in [0, 0.05) is 10.9 Å². The topological polar surface area (TPSA) is 63.6 Å². The van der Waals surface area contributed by atoms with Crippen LogP contribution in [-0.2, 0) is 16.0 Å². The molecule has 0 atom stereocenters. The Morgan fingerprint density at radius 2 is 1.96 bits per heavy atom. The summed E-state index contributed by atoms with van der Waals surface area (Å²) < 4.78 is 4.92. The SMILES string of the molecule is CCOC(=O)Cc1csc(NN=Cc2c(C)c(C)cc(C)c2C)n1. The van der Waals surface area contributed by atoms with Crippen LogP contribution in [0.1, 0.15) is 40.4 Å². The van der Waals surface area contributed by atoms with Gasteiger partial charge in [0.15, 0.2) is 0 Å². The zero-order valence-corrected chi connectivity index (χ0v) is 15.6. The van der Waals surface area contributed by atoms with E-state index in [4.69, 9.17) is 4.74 Å². The highest BCUT2D eigenvalue weighted by molar-refractivity contribution is 7.13. The van der Waals surface area contributed by atoms with Gasteiger partial charge >= 0.3 is 5.97 Å². The Labute approximate surface area is 146 Å². The van der Waals surface area contributed by atoms with E-state index in [0.29, 0.717) is 17.4 Å². The van der Waals surface area contributed by atoms with Gasteiger partial charge in [0.25, 0.3) is 0 Å². The van der Waals surface area contributed by atoms with E-state index in [1.807, 2.05) is 11.6 Å². The normalized spacial score (nSPS) is 11.0. The maximum absolute atomic E-state index is 11.5. The number of anilines is 1. The first-order valence-corrected chi connectivity index (χ1v) is 8.76. The van der Waals surface area contributed by atoms with Crippen LogP contribution in [0, 0.1) is 27.7 Å². The van der Waals surface area contributed by atoms with Gasteiger partial charge in [0.2, 0.25) is 5.13 Å². The van der Waals surface area contributed by atoms with E-state index in [2.05, 4.69) is 49.3 Å². The second kappa shape index (κ2) is 8.06. The summed E-state index contributed by atoms with van der Waals surface area (Å²) >= 11 is 1.42. The fourth-order valence-electron chi connectivity index (χ4n) is 2.39. The van der Waals surface area contributed by atoms with Gasteiger partial charge in [-0.2, -0.15) is 5.10 Å². The van der Waals surface area contributed by atoms with Crippen LogP contribution in [0.5, 0.6) is 0 Å². The van der Waals surface area contributed by atoms with Crippen LogP contribution in [0.25, 0.3) is 0 Å². The van der Waals surface area contributed by atoms with Gasteiger partial charge in [0.1, 0.15) is 0 Å². The number of rotatable bonds is 6. The third-order valence-electron chi connectivity index (χ3n) is 3.96. The maximum atomic E-state index is 11.5. The summed E-state index contributed by atoms with van der Waals surface area (Å²) in [4.78, 5) is 15.8. The van der Waals surface area contributed by atoms with Crippen molar-refractivity contribution in [2.24, 2.45) is 5.10 Å². The van der Waals surface area contributed by atoms with E-state index in [-0.39, 0.29) is 12.4 Å². The van der Waals surface area contributed by atoms with E-state index in [9.17, 15) is 4.79 Å². The van der Waals surface area contributed by atoms with Crippen LogP contribution in [0.2, 0.25) is 0 Å². The van der Waals surface area contributed by atoms with Crippen molar-refractivity contribution in [3.63, 3.8) is 0 Å². The Morgan fingerprint density at radius 1 is 1.29 bits per heavy atom. The molecule has 0 aliphatic carbocycles. The van der Waals surface area contributed by atoms with Crippen molar-refractivity contribution in [1.82, 2.24) is 4.98 Å². The largest absolute Gasteiger partial charge is 0.466 e. The summed E-state index contributed by atoms with van der Waals surface area (Å²) in [6.45, 7) is 10.6. The predicted octanol–water partition coefficient (Wildman–Crippen LogP) is 3.93. The molecule has 0 aliphatic heterocycles. The Kier molecular flexibility index (Phi) is 6.09. The number of aromatic nitrogens is 1. The zero-order chi connectivity index (χ0) is 17.7. The van der Waals surface area contributed by atoms with Gasteiger partial charge < -0.3 is 4.74 Å². The van der Waals surface area contributed by atoms with Crippen LogP contribution >= 0.6 is 11.3 Å². The molecule has 0 amide bonds. The monoisotopic (exact) mass is 345 g/mol. The molecule has 1 N–H and O–H groups in total. The number of thiazole rings is 1. The second-order valence-electron chi connectivity index (χ2n) is 5.67. The summed E-state index contributed by atoms with van der Waals surface area (Å²) in [6.07, 6.45) is 2.02. The predicted molar refractivity (Wildman–Crippen MR) is 99.1 cm³/mol. The summed E-state index contributed by atoms with van der Waals surface area (Å²) in [5, 5.41) is 6.79. The van der Waals surface area contributed by atoms with Crippen molar-refractivity contribution in [3.05, 3.63) is 45.0 Å². The van der Waals surface area contributed by atoms with E-state index in [1.54, 1.807) is 6.92 Å². The summed E-state index contributed by atoms with van der Waals surface area (Å²) in [5.74, 6) is -0.265. The minimum Gasteiger partial charge on any atom is -0.466 e. The zero-order valence-electron chi connectivity index (χ0n) is 14.8. The molecule has 0 aliphatic rings. The molecule has 6 heteroatoms. The molecule has 2 aromatic rings. The molecule has 24 heavy (non-hydrogen) atoms. The number of benzene rings is 1. The molecule has 1 aromatic heterocycles. The molecule has 5 nitrogen and oxygen atoms in total. The second-order valence-corrected chi connectivity index (χ2v) is 6.53. The number of esters is 1. The van der Waals surface area contributed by atoms with Crippen LogP contribution in [0.15, 0.2) is 16.5 Å². The number of hydrogen-bond acceptors (Lipinski definition) is 6. The number of hydrogen-bond donors (Lipinski definition) is 1. The van der Waals surface area contributed by atoms with Crippen molar-refractivity contribution in [1.29, 1.82) is 0 Å². The average Bonchev–Trinajstić information content (AvgIpc) is 2.96. The molecule has 2 rings (SSSR count). The number of nitrogens with zero attached hydrogens (tertiary/aromatic N) is 2. The van der Waals surface area contributed by atoms with E-state index in [0.717, 1.165) is 5.56 Å². The van der Waals surface area contributed by atoms with E-state index < -0.39 is 0 Å². The standard InChI is InChI=1S/C18H23N3O2S/c1-6-23-17(22)8-15-10-24-18(20-15)21-19-9-16-13(4)11(2)7-12(3)14(16)5/h7,9-10H,6,8H2,1-5H3,(H,20,21). The lowest BCUT2D eigenvalue weighted by Crippen LogP contribution is -2.07. The Balaban J connectivity index is 2.05. The molecule has 0 spiro atoms. The van der Waals surface area contributed by atoms with Gasteiger partial charge in [-0.25, -0.2) is 4.98 Å². The molecule has 0 radical (unpaired) electrons. The van der Waals surface area contributed by atoms with Crippen molar-refractivity contribution in [3.8, 4) is 0 Å². The number of ether oxygens (including phenoxy) is 1. The van der Waals surface area contributed by atoms with Crippen LogP contribution in [-0.4, -0.2) is 23.8 Å². The fourth-order valence-corrected chi connectivity index (χ4v) is 3.05. The van der Waals surface area contributed by atoms with Crippen molar-refractivity contribution in [2.75, 3.05) is 12.0 Å². The molecular formula is C18H23N3O2S. The number of aryl methyl sites for hydroxylation is 2. The first-order chi connectivity index (χ1) is 11.4. The van der Waals surface area contributed by atoms with E-state index >= 15 is 0 Å². The fraction of sp³-hybridized carbons (Fsp3) is 0.389. The Hall–Kier alpha value is -2.21. The first kappa shape index (κ1) is 18.1. The third kappa shape index (κ3) is 4.41. The molecule has 128 valence electrons. The minimum absolute atomic E-state index is 0.186. The number of hydrazone groups is 1. The minimum atomic E-state index is -0.265. The molecule has 0 fully saturated rings. The highest BCUT2D eigenvalue weighted by Crippen LogP contribution is 2.20. The van der Waals surface area contributed by atoms with Crippen molar-refractivity contribution >= 4 is 28.7 Å². The summed E-state index contributed by atoms with van der Waals surface area (Å²) in [6, 6.07) is 2.19. The molecule has 0 unspecified atom stereocenters. The van der Waals surface area contributed by atoms with E-state index in [1.165, 1.54) is 33.6 Å². The molecular weight excluding hydrogens is 322 g/mol. The van der Waals surface area contributed by atoms with Gasteiger partial charge in [-0.15, -0.1) is 11.3 Å². The Bertz CT molecular complexity index is 740. The van der Waals surface area contributed by atoms with Gasteiger partial charge in [-0.1, -0.05) is 6.07 Å². The molecule has 0 bridgehead atoms. The first-order valence-electron chi connectivity index (χ1n) is 7.88. The smallest absolute Gasteiger partial charge is 0.311 e.